The Morgan fingerprint density at radius 3 is 2.44 bits per heavy atom. The number of benzene rings is 1. The summed E-state index contributed by atoms with van der Waals surface area (Å²) in [6.07, 6.45) is 0. The highest BCUT2D eigenvalue weighted by molar-refractivity contribution is 9.11. The minimum atomic E-state index is 0.520. The van der Waals surface area contributed by atoms with Gasteiger partial charge in [-0.3, -0.25) is 0 Å². The molecule has 16 heavy (non-hydrogen) atoms. The maximum Gasteiger partial charge on any atom is 0.147 e. The maximum atomic E-state index is 6.01. The molecule has 0 N–H and O–H groups in total. The molecular weight excluding hydrogens is 417 g/mol. The second kappa shape index (κ2) is 5.50. The van der Waals surface area contributed by atoms with Crippen LogP contribution in [0.15, 0.2) is 32.1 Å². The van der Waals surface area contributed by atoms with Crippen molar-refractivity contribution in [2.45, 2.75) is 0 Å². The molecule has 0 radical (unpaired) electrons. The number of hydrogen-bond donors (Lipinski definition) is 0. The quantitative estimate of drug-likeness (QED) is 0.512. The van der Waals surface area contributed by atoms with E-state index in [1.165, 1.54) is 20.7 Å². The molecule has 0 fully saturated rings. The average molecular weight is 420 g/mol. The lowest BCUT2D eigenvalue weighted by Crippen LogP contribution is -1.92. The van der Waals surface area contributed by atoms with Crippen LogP contribution in [0, 0.1) is 0 Å². The van der Waals surface area contributed by atoms with Crippen LogP contribution in [0.1, 0.15) is 0 Å². The maximum absolute atomic E-state index is 6.01. The van der Waals surface area contributed by atoms with Crippen LogP contribution in [0.2, 0.25) is 9.36 Å². The molecule has 1 heterocycles. The van der Waals surface area contributed by atoms with Gasteiger partial charge in [0.25, 0.3) is 0 Å². The molecular formula is C9H3Br2Cl2NS2. The van der Waals surface area contributed by atoms with Crippen LogP contribution >= 0.6 is 75.7 Å². The SMILES string of the molecule is Clc1ssc(=Nc2ccc(Br)cc2Br)c1Cl. The molecule has 1 aromatic heterocycles. The fourth-order valence-corrected chi connectivity index (χ4v) is 4.86. The van der Waals surface area contributed by atoms with Crippen molar-refractivity contribution < 1.29 is 0 Å². The number of rotatable bonds is 1. The van der Waals surface area contributed by atoms with Crippen LogP contribution in [0.5, 0.6) is 0 Å². The van der Waals surface area contributed by atoms with Crippen LogP contribution in [-0.4, -0.2) is 0 Å². The highest BCUT2D eigenvalue weighted by atomic mass is 79.9. The Morgan fingerprint density at radius 2 is 1.88 bits per heavy atom. The van der Waals surface area contributed by atoms with Gasteiger partial charge in [-0.15, -0.1) is 0 Å². The molecule has 0 saturated heterocycles. The lowest BCUT2D eigenvalue weighted by atomic mass is 10.3. The molecule has 0 aliphatic heterocycles. The average Bonchev–Trinajstić information content (AvgIpc) is 2.54. The van der Waals surface area contributed by atoms with Gasteiger partial charge < -0.3 is 0 Å². The third-order valence-corrected chi connectivity index (χ3v) is 6.31. The lowest BCUT2D eigenvalue weighted by molar-refractivity contribution is 1.39. The molecule has 0 amide bonds. The van der Waals surface area contributed by atoms with Crippen LogP contribution in [0.4, 0.5) is 5.69 Å². The van der Waals surface area contributed by atoms with Crippen molar-refractivity contribution in [1.29, 1.82) is 0 Å². The van der Waals surface area contributed by atoms with Gasteiger partial charge in [-0.1, -0.05) is 59.8 Å². The van der Waals surface area contributed by atoms with E-state index in [9.17, 15) is 0 Å². The van der Waals surface area contributed by atoms with Crippen LogP contribution in [-0.2, 0) is 0 Å². The smallest absolute Gasteiger partial charge is 0.147 e. The zero-order valence-corrected chi connectivity index (χ0v) is 13.8. The van der Waals surface area contributed by atoms with E-state index in [4.69, 9.17) is 23.2 Å². The molecule has 2 rings (SSSR count). The molecule has 0 bridgehead atoms. The predicted octanol–water partition coefficient (Wildman–Crippen LogP) is 5.87. The number of halogens is 4. The van der Waals surface area contributed by atoms with Gasteiger partial charge in [-0.25, -0.2) is 4.99 Å². The van der Waals surface area contributed by atoms with Gasteiger partial charge in [0.05, 0.1) is 5.69 Å². The van der Waals surface area contributed by atoms with E-state index in [-0.39, 0.29) is 0 Å². The Balaban J connectivity index is 2.55. The first-order valence-electron chi connectivity index (χ1n) is 4.02. The summed E-state index contributed by atoms with van der Waals surface area (Å²) in [7, 11) is 2.88. The van der Waals surface area contributed by atoms with Crippen molar-refractivity contribution in [3.8, 4) is 0 Å². The standard InChI is InChI=1S/C9H3Br2Cl2NS2/c10-4-1-2-6(5(11)3-4)14-9-7(12)8(13)15-16-9/h1-3H. The summed E-state index contributed by atoms with van der Waals surface area (Å²) in [6.45, 7) is 0. The molecule has 0 atom stereocenters. The second-order valence-corrected chi connectivity index (χ2v) is 7.65. The Kier molecular flexibility index (Phi) is 4.49. The first-order chi connectivity index (χ1) is 7.58. The molecule has 2 aromatic rings. The van der Waals surface area contributed by atoms with Gasteiger partial charge in [-0.2, -0.15) is 0 Å². The largest absolute Gasteiger partial charge is 0.234 e. The van der Waals surface area contributed by atoms with E-state index in [0.29, 0.717) is 9.36 Å². The van der Waals surface area contributed by atoms with Gasteiger partial charge in [0.2, 0.25) is 0 Å². The first-order valence-corrected chi connectivity index (χ1v) is 8.51. The van der Waals surface area contributed by atoms with E-state index in [1.807, 2.05) is 18.2 Å². The van der Waals surface area contributed by atoms with Crippen molar-refractivity contribution in [1.82, 2.24) is 0 Å². The fraction of sp³-hybridized carbons (Fsp3) is 0. The molecule has 0 spiro atoms. The summed E-state index contributed by atoms with van der Waals surface area (Å²) >= 11 is 18.7. The van der Waals surface area contributed by atoms with Crippen LogP contribution in [0.25, 0.3) is 0 Å². The zero-order chi connectivity index (χ0) is 11.7. The van der Waals surface area contributed by atoms with Crippen molar-refractivity contribution in [2.24, 2.45) is 4.99 Å². The monoisotopic (exact) mass is 417 g/mol. The summed E-state index contributed by atoms with van der Waals surface area (Å²) < 4.78 is 3.22. The summed E-state index contributed by atoms with van der Waals surface area (Å²) in [5, 5.41) is 0.520. The van der Waals surface area contributed by atoms with Crippen molar-refractivity contribution in [3.05, 3.63) is 41.2 Å². The van der Waals surface area contributed by atoms with Crippen molar-refractivity contribution in [2.75, 3.05) is 0 Å². The number of nitrogens with zero attached hydrogens (tertiary/aromatic N) is 1. The molecule has 0 saturated carbocycles. The van der Waals surface area contributed by atoms with E-state index < -0.39 is 0 Å². The van der Waals surface area contributed by atoms with Crippen molar-refractivity contribution in [3.63, 3.8) is 0 Å². The van der Waals surface area contributed by atoms with Gasteiger partial charge in [0.1, 0.15) is 14.0 Å². The van der Waals surface area contributed by atoms with Gasteiger partial charge in [0.15, 0.2) is 0 Å². The summed E-state index contributed by atoms with van der Waals surface area (Å²) in [5.41, 5.74) is 0.829. The second-order valence-electron chi connectivity index (χ2n) is 2.77. The summed E-state index contributed by atoms with van der Waals surface area (Å²) in [4.78, 5) is 4.45. The molecule has 1 aromatic carbocycles. The molecule has 0 unspecified atom stereocenters. The zero-order valence-electron chi connectivity index (χ0n) is 7.51. The first kappa shape index (κ1) is 13.1. The van der Waals surface area contributed by atoms with Crippen LogP contribution in [0.3, 0.4) is 0 Å². The lowest BCUT2D eigenvalue weighted by Gasteiger charge is -1.97. The molecule has 0 aliphatic rings. The molecule has 84 valence electrons. The minimum absolute atomic E-state index is 0.520. The molecule has 1 nitrogen and oxygen atoms in total. The molecule has 0 aliphatic carbocycles. The van der Waals surface area contributed by atoms with Crippen molar-refractivity contribution >= 4 is 81.4 Å². The fourth-order valence-electron chi connectivity index (χ4n) is 0.982. The van der Waals surface area contributed by atoms with Gasteiger partial charge >= 0.3 is 0 Å². The Hall–Kier alpha value is 0.610. The van der Waals surface area contributed by atoms with E-state index in [1.54, 1.807) is 0 Å². The van der Waals surface area contributed by atoms with E-state index in [0.717, 1.165) is 19.3 Å². The Labute approximate surface area is 126 Å². The van der Waals surface area contributed by atoms with Crippen LogP contribution < -0.4 is 4.67 Å². The summed E-state index contributed by atoms with van der Waals surface area (Å²) in [5.74, 6) is 0. The van der Waals surface area contributed by atoms with Gasteiger partial charge in [-0.05, 0) is 34.1 Å². The third kappa shape index (κ3) is 2.89. The van der Waals surface area contributed by atoms with E-state index in [2.05, 4.69) is 36.9 Å². The minimum Gasteiger partial charge on any atom is -0.234 e. The predicted molar refractivity (Wildman–Crippen MR) is 79.3 cm³/mol. The normalized spacial score (nSPS) is 12.1. The third-order valence-electron chi connectivity index (χ3n) is 1.69. The molecule has 7 heteroatoms. The van der Waals surface area contributed by atoms with Gasteiger partial charge in [0, 0.05) is 8.95 Å². The topological polar surface area (TPSA) is 12.4 Å². The highest BCUT2D eigenvalue weighted by Gasteiger charge is 2.05. The Morgan fingerprint density at radius 1 is 1.12 bits per heavy atom. The summed E-state index contributed by atoms with van der Waals surface area (Å²) in [6, 6.07) is 5.77. The highest BCUT2D eigenvalue weighted by Crippen LogP contribution is 2.31. The Bertz CT molecular complexity index is 591. The number of hydrogen-bond acceptors (Lipinski definition) is 3. The van der Waals surface area contributed by atoms with E-state index >= 15 is 0 Å².